The minimum Gasteiger partial charge on any atom is -0.504 e. The van der Waals surface area contributed by atoms with Gasteiger partial charge in [-0.05, 0) is 71.7 Å². The molecule has 5 atom stereocenters. The summed E-state index contributed by atoms with van der Waals surface area (Å²) in [5.74, 6) is -9.01. The number of aldehydes is 1. The second-order valence-corrected chi connectivity index (χ2v) is 11.8. The number of allylic oxidation sites excluding steroid dienone is 1. The van der Waals surface area contributed by atoms with Gasteiger partial charge in [-0.2, -0.15) is 0 Å². The number of carbonyl (C=O) groups excluding carboxylic acids is 3. The normalized spacial score (nSPS) is 19.2. The molecule has 266 valence electrons. The fraction of sp³-hybridized carbons (Fsp3) is 0.222. The Morgan fingerprint density at radius 3 is 2.02 bits per heavy atom. The lowest BCUT2D eigenvalue weighted by Gasteiger charge is -2.27. The van der Waals surface area contributed by atoms with Crippen molar-refractivity contribution in [2.24, 2.45) is 5.92 Å². The van der Waals surface area contributed by atoms with E-state index < -0.39 is 88.3 Å². The third-order valence-electron chi connectivity index (χ3n) is 8.29. The molecule has 0 fully saturated rings. The van der Waals surface area contributed by atoms with Crippen LogP contribution in [0.2, 0.25) is 0 Å². The predicted molar refractivity (Wildman–Crippen MR) is 174 cm³/mol. The number of carboxylic acid groups (broad SMARTS) is 1. The Bertz CT molecular complexity index is 1960. The molecular weight excluding hydrogens is 672 g/mol. The van der Waals surface area contributed by atoms with Crippen LogP contribution in [-0.4, -0.2) is 83.4 Å². The van der Waals surface area contributed by atoms with Gasteiger partial charge >= 0.3 is 17.9 Å². The van der Waals surface area contributed by atoms with Crippen LogP contribution >= 0.6 is 0 Å². The van der Waals surface area contributed by atoms with Crippen LogP contribution in [-0.2, 0) is 41.5 Å². The number of aliphatic carboxylic acids is 1. The highest BCUT2D eigenvalue weighted by Gasteiger charge is 2.47. The van der Waals surface area contributed by atoms with E-state index in [2.05, 4.69) is 0 Å². The molecule has 51 heavy (non-hydrogen) atoms. The van der Waals surface area contributed by atoms with Gasteiger partial charge in [-0.1, -0.05) is 18.2 Å². The van der Waals surface area contributed by atoms with Crippen LogP contribution in [0.1, 0.15) is 34.6 Å². The maximum absolute atomic E-state index is 13.9. The molecule has 0 aromatic heterocycles. The van der Waals surface area contributed by atoms with Crippen molar-refractivity contribution in [3.63, 3.8) is 0 Å². The molecular formula is C36H32O15. The number of phenols is 5. The summed E-state index contributed by atoms with van der Waals surface area (Å²) in [5, 5.41) is 79.3. The number of benzene rings is 3. The van der Waals surface area contributed by atoms with E-state index in [0.717, 1.165) is 18.2 Å². The van der Waals surface area contributed by atoms with E-state index in [1.807, 2.05) is 0 Å². The summed E-state index contributed by atoms with van der Waals surface area (Å²) in [6, 6.07) is 9.96. The van der Waals surface area contributed by atoms with Crippen LogP contribution in [0.3, 0.4) is 0 Å². The lowest BCUT2D eigenvalue weighted by molar-refractivity contribution is -0.160. The zero-order valence-electron chi connectivity index (χ0n) is 26.4. The van der Waals surface area contributed by atoms with Gasteiger partial charge in [-0.15, -0.1) is 0 Å². The molecule has 5 rings (SSSR count). The number of carbonyl (C=O) groups is 4. The number of aromatic hydroxyl groups is 5. The molecule has 15 nitrogen and oxygen atoms in total. The highest BCUT2D eigenvalue weighted by molar-refractivity contribution is 5.91. The van der Waals surface area contributed by atoms with Crippen LogP contribution in [0.5, 0.6) is 34.5 Å². The number of esters is 2. The van der Waals surface area contributed by atoms with Crippen molar-refractivity contribution in [2.45, 2.75) is 43.5 Å². The van der Waals surface area contributed by atoms with E-state index in [1.54, 1.807) is 0 Å². The molecule has 0 spiro atoms. The summed E-state index contributed by atoms with van der Waals surface area (Å²) in [6.45, 7) is 0. The molecule has 3 aromatic carbocycles. The summed E-state index contributed by atoms with van der Waals surface area (Å²) in [4.78, 5) is 50.7. The minimum atomic E-state index is -1.70. The van der Waals surface area contributed by atoms with Gasteiger partial charge in [0, 0.05) is 30.4 Å². The van der Waals surface area contributed by atoms with Crippen molar-refractivity contribution in [1.82, 2.24) is 0 Å². The topological polar surface area (TPSA) is 258 Å². The molecule has 0 amide bonds. The number of aliphatic hydroxyl groups is 2. The summed E-state index contributed by atoms with van der Waals surface area (Å²) in [5.41, 5.74) is 0.754. The van der Waals surface area contributed by atoms with Crippen molar-refractivity contribution in [1.29, 1.82) is 0 Å². The van der Waals surface area contributed by atoms with Gasteiger partial charge in [0.2, 0.25) is 6.10 Å². The first-order chi connectivity index (χ1) is 24.2. The quantitative estimate of drug-likeness (QED) is 0.0580. The number of rotatable bonds is 12. The number of hydrogen-bond acceptors (Lipinski definition) is 14. The Morgan fingerprint density at radius 2 is 1.43 bits per heavy atom. The Hall–Kier alpha value is -6.64. The van der Waals surface area contributed by atoms with Gasteiger partial charge in [0.1, 0.15) is 12.0 Å². The molecule has 1 unspecified atom stereocenters. The van der Waals surface area contributed by atoms with E-state index in [4.69, 9.17) is 14.2 Å². The fourth-order valence-corrected chi connectivity index (χ4v) is 5.78. The molecule has 2 aliphatic rings. The first kappa shape index (κ1) is 35.7. The van der Waals surface area contributed by atoms with Gasteiger partial charge in [0.15, 0.2) is 58.4 Å². The van der Waals surface area contributed by atoms with Gasteiger partial charge in [0.05, 0.1) is 0 Å². The number of aliphatic hydroxyl groups excluding tert-OH is 2. The van der Waals surface area contributed by atoms with Crippen LogP contribution < -0.4 is 4.74 Å². The predicted octanol–water partition coefficient (Wildman–Crippen LogP) is 3.57. The molecule has 1 aliphatic carbocycles. The molecule has 1 aliphatic heterocycles. The lowest BCUT2D eigenvalue weighted by atomic mass is 9.82. The monoisotopic (exact) mass is 704 g/mol. The van der Waals surface area contributed by atoms with Gasteiger partial charge < -0.3 is 55.1 Å². The van der Waals surface area contributed by atoms with Gasteiger partial charge in [0.25, 0.3) is 0 Å². The van der Waals surface area contributed by atoms with Crippen LogP contribution in [0, 0.1) is 5.92 Å². The Kier molecular flexibility index (Phi) is 10.4. The van der Waals surface area contributed by atoms with Crippen molar-refractivity contribution in [3.8, 4) is 34.5 Å². The summed E-state index contributed by atoms with van der Waals surface area (Å²) in [6.07, 6.45) is 0.263. The van der Waals surface area contributed by atoms with Crippen molar-refractivity contribution < 1.29 is 74.2 Å². The summed E-state index contributed by atoms with van der Waals surface area (Å²) < 4.78 is 16.8. The van der Waals surface area contributed by atoms with Gasteiger partial charge in [-0.3, -0.25) is 9.59 Å². The van der Waals surface area contributed by atoms with Crippen LogP contribution in [0.4, 0.5) is 0 Å². The summed E-state index contributed by atoms with van der Waals surface area (Å²) in [7, 11) is 0. The number of hydrogen-bond donors (Lipinski definition) is 8. The van der Waals surface area contributed by atoms with Crippen LogP contribution in [0.25, 0.3) is 6.08 Å². The molecule has 0 saturated heterocycles. The van der Waals surface area contributed by atoms with E-state index in [9.17, 15) is 60.0 Å². The lowest BCUT2D eigenvalue weighted by Crippen LogP contribution is -2.36. The number of ether oxygens (including phenoxy) is 3. The van der Waals surface area contributed by atoms with Crippen molar-refractivity contribution in [2.75, 3.05) is 0 Å². The first-order valence-electron chi connectivity index (χ1n) is 15.4. The molecule has 1 heterocycles. The fourth-order valence-electron chi connectivity index (χ4n) is 5.78. The average molecular weight is 705 g/mol. The molecule has 3 aromatic rings. The second-order valence-electron chi connectivity index (χ2n) is 11.8. The molecule has 15 heteroatoms. The Labute approximate surface area is 288 Å². The third kappa shape index (κ3) is 7.99. The van der Waals surface area contributed by atoms with E-state index in [0.29, 0.717) is 11.8 Å². The third-order valence-corrected chi connectivity index (χ3v) is 8.29. The first-order valence-corrected chi connectivity index (χ1v) is 15.4. The van der Waals surface area contributed by atoms with E-state index in [-0.39, 0.29) is 41.7 Å². The van der Waals surface area contributed by atoms with Gasteiger partial charge in [-0.25, -0.2) is 9.59 Å². The number of phenolic OH excluding ortho intramolecular Hbond substituents is 5. The highest BCUT2D eigenvalue weighted by atomic mass is 16.6. The van der Waals surface area contributed by atoms with E-state index in [1.165, 1.54) is 54.6 Å². The van der Waals surface area contributed by atoms with E-state index >= 15 is 0 Å². The smallest absolute Gasteiger partial charge is 0.345 e. The largest absolute Gasteiger partial charge is 0.504 e. The summed E-state index contributed by atoms with van der Waals surface area (Å²) >= 11 is 0. The zero-order valence-corrected chi connectivity index (χ0v) is 26.4. The minimum absolute atomic E-state index is 0.0296. The average Bonchev–Trinajstić information content (AvgIpc) is 3.50. The number of carboxylic acids is 1. The Balaban J connectivity index is 1.44. The molecule has 0 saturated carbocycles. The van der Waals surface area contributed by atoms with Crippen molar-refractivity contribution in [3.05, 3.63) is 101 Å². The number of fused-ring (bicyclic) bond motifs is 1. The zero-order chi connectivity index (χ0) is 37.0. The maximum atomic E-state index is 13.9. The highest BCUT2D eigenvalue weighted by Crippen LogP contribution is 2.50. The maximum Gasteiger partial charge on any atom is 0.345 e. The Morgan fingerprint density at radius 1 is 0.804 bits per heavy atom. The molecule has 8 N–H and O–H groups in total. The van der Waals surface area contributed by atoms with Crippen molar-refractivity contribution >= 4 is 30.3 Å². The molecule has 0 radical (unpaired) electrons. The molecule has 0 bridgehead atoms. The second kappa shape index (κ2) is 14.9. The SMILES string of the molecule is O=C[C@@H](Cc1ccc(O)c(O)c1)OC(=O)[C@H]1c2c(/C=C/C(=O)O[C@H](Cc3ccc(O)c(O)c3)C(=O)O)ccc(O)c2O[C@@H]1C1C=C(O)C(O)=CC1. The van der Waals surface area contributed by atoms with Crippen LogP contribution in [0.15, 0.2) is 78.3 Å². The standard InChI is InChI=1S/C36H32O15/c37-16-21(11-17-1-6-22(38)26(42)12-17)49-36(48)32-31-19(3-9-25(41)34(31)51-33(32)20-4-8-24(40)28(44)15-20)5-10-30(45)50-29(35(46)47)14-18-2-7-23(39)27(43)13-18/h1-3,5-10,12-13,15-16,20-21,29,32-33,38-44H,4,11,14H2,(H,46,47)/b10-5+/t20?,21-,29-,32+,33-/m1/s1.